The van der Waals surface area contributed by atoms with E-state index in [1.165, 1.54) is 0 Å². The Morgan fingerprint density at radius 2 is 2.30 bits per heavy atom. The molecule has 5 nitrogen and oxygen atoms in total. The molecular formula is C15H27N3O2. The van der Waals surface area contributed by atoms with Gasteiger partial charge in [-0.1, -0.05) is 13.8 Å². The van der Waals surface area contributed by atoms with E-state index >= 15 is 0 Å². The maximum absolute atomic E-state index is 10.6. The second-order valence-corrected chi connectivity index (χ2v) is 6.61. The maximum atomic E-state index is 10.6. The van der Waals surface area contributed by atoms with E-state index in [4.69, 9.17) is 4.74 Å². The quantitative estimate of drug-likeness (QED) is 0.828. The molecule has 1 aliphatic rings. The lowest BCUT2D eigenvalue weighted by Gasteiger charge is -2.52. The van der Waals surface area contributed by atoms with Crippen LogP contribution >= 0.6 is 0 Å². The van der Waals surface area contributed by atoms with E-state index in [-0.39, 0.29) is 5.41 Å². The second-order valence-electron chi connectivity index (χ2n) is 6.61. The minimum absolute atomic E-state index is 0.112. The van der Waals surface area contributed by atoms with Crippen LogP contribution in [-0.2, 0) is 17.4 Å². The van der Waals surface area contributed by atoms with Crippen molar-refractivity contribution in [1.82, 2.24) is 15.1 Å². The zero-order valence-electron chi connectivity index (χ0n) is 13.2. The van der Waals surface area contributed by atoms with Crippen LogP contribution in [-0.4, -0.2) is 40.2 Å². The molecule has 1 aromatic heterocycles. The highest BCUT2D eigenvalue weighted by atomic mass is 16.5. The van der Waals surface area contributed by atoms with Gasteiger partial charge in [0.05, 0.1) is 12.3 Å². The molecular weight excluding hydrogens is 254 g/mol. The lowest BCUT2D eigenvalue weighted by atomic mass is 9.64. The van der Waals surface area contributed by atoms with E-state index in [0.717, 1.165) is 18.6 Å². The molecule has 20 heavy (non-hydrogen) atoms. The molecule has 2 N–H and O–H groups in total. The molecule has 1 saturated carbocycles. The SMILES string of the molecule is CCO[C@@H]1C[C@@H](NC[C@](C)(O)c2cnn(C)c2)C1(C)C. The molecule has 1 aromatic rings. The number of hydrogen-bond acceptors (Lipinski definition) is 4. The second kappa shape index (κ2) is 5.47. The number of hydrogen-bond donors (Lipinski definition) is 2. The van der Waals surface area contributed by atoms with E-state index in [2.05, 4.69) is 24.3 Å². The number of nitrogens with zero attached hydrogens (tertiary/aromatic N) is 2. The average molecular weight is 281 g/mol. The predicted molar refractivity (Wildman–Crippen MR) is 78.4 cm³/mol. The minimum Gasteiger partial charge on any atom is -0.384 e. The van der Waals surface area contributed by atoms with E-state index in [9.17, 15) is 5.11 Å². The smallest absolute Gasteiger partial charge is 0.102 e. The average Bonchev–Trinajstić information content (AvgIpc) is 2.80. The van der Waals surface area contributed by atoms with Gasteiger partial charge in [0.25, 0.3) is 0 Å². The van der Waals surface area contributed by atoms with Crippen LogP contribution in [0.5, 0.6) is 0 Å². The van der Waals surface area contributed by atoms with Gasteiger partial charge in [0.2, 0.25) is 0 Å². The number of rotatable bonds is 6. The fourth-order valence-corrected chi connectivity index (χ4v) is 2.84. The molecule has 0 unspecified atom stereocenters. The van der Waals surface area contributed by atoms with Crippen molar-refractivity contribution >= 4 is 0 Å². The highest BCUT2D eigenvalue weighted by molar-refractivity contribution is 5.15. The first-order chi connectivity index (χ1) is 9.27. The summed E-state index contributed by atoms with van der Waals surface area (Å²) in [4.78, 5) is 0. The first-order valence-corrected chi connectivity index (χ1v) is 7.34. The molecule has 0 aliphatic heterocycles. The summed E-state index contributed by atoms with van der Waals surface area (Å²) in [5, 5.41) is 18.2. The monoisotopic (exact) mass is 281 g/mol. The number of nitrogens with one attached hydrogen (secondary N) is 1. The van der Waals surface area contributed by atoms with Crippen LogP contribution in [0.4, 0.5) is 0 Å². The van der Waals surface area contributed by atoms with Gasteiger partial charge in [0.1, 0.15) is 5.60 Å². The van der Waals surface area contributed by atoms with Crippen LogP contribution in [0.2, 0.25) is 0 Å². The minimum atomic E-state index is -0.902. The first-order valence-electron chi connectivity index (χ1n) is 7.34. The fraction of sp³-hybridized carbons (Fsp3) is 0.800. The third kappa shape index (κ3) is 2.90. The van der Waals surface area contributed by atoms with Gasteiger partial charge in [0.15, 0.2) is 0 Å². The Balaban J connectivity index is 1.90. The normalized spacial score (nSPS) is 27.9. The highest BCUT2D eigenvalue weighted by Gasteiger charge is 2.49. The van der Waals surface area contributed by atoms with Gasteiger partial charge in [-0.3, -0.25) is 4.68 Å². The molecule has 114 valence electrons. The van der Waals surface area contributed by atoms with Crippen LogP contribution in [0.3, 0.4) is 0 Å². The van der Waals surface area contributed by atoms with Crippen molar-refractivity contribution in [2.75, 3.05) is 13.2 Å². The van der Waals surface area contributed by atoms with E-state index < -0.39 is 5.60 Å². The number of aromatic nitrogens is 2. The summed E-state index contributed by atoms with van der Waals surface area (Å²) in [6.45, 7) is 9.56. The van der Waals surface area contributed by atoms with Crippen LogP contribution in [0.1, 0.15) is 39.7 Å². The Labute approximate surface area is 121 Å². The van der Waals surface area contributed by atoms with Crippen molar-refractivity contribution in [3.8, 4) is 0 Å². The summed E-state index contributed by atoms with van der Waals surface area (Å²) in [6.07, 6.45) is 4.89. The van der Waals surface area contributed by atoms with Gasteiger partial charge in [-0.25, -0.2) is 0 Å². The van der Waals surface area contributed by atoms with Gasteiger partial charge in [0, 0.05) is 43.4 Å². The fourth-order valence-electron chi connectivity index (χ4n) is 2.84. The van der Waals surface area contributed by atoms with Crippen molar-refractivity contribution in [2.45, 2.75) is 51.9 Å². The Hall–Kier alpha value is -0.910. The summed E-state index contributed by atoms with van der Waals surface area (Å²) in [5.74, 6) is 0. The van der Waals surface area contributed by atoms with Crippen molar-refractivity contribution in [1.29, 1.82) is 0 Å². The molecule has 1 aliphatic carbocycles. The topological polar surface area (TPSA) is 59.3 Å². The van der Waals surface area contributed by atoms with Crippen molar-refractivity contribution in [2.24, 2.45) is 12.5 Å². The summed E-state index contributed by atoms with van der Waals surface area (Å²) >= 11 is 0. The van der Waals surface area contributed by atoms with Crippen LogP contribution in [0.15, 0.2) is 12.4 Å². The molecule has 5 heteroatoms. The van der Waals surface area contributed by atoms with Crippen molar-refractivity contribution in [3.63, 3.8) is 0 Å². The Morgan fingerprint density at radius 3 is 2.80 bits per heavy atom. The molecule has 0 aromatic carbocycles. The highest BCUT2D eigenvalue weighted by Crippen LogP contribution is 2.43. The number of aliphatic hydroxyl groups is 1. The predicted octanol–water partition coefficient (Wildman–Crippen LogP) is 1.42. The lowest BCUT2D eigenvalue weighted by Crippen LogP contribution is -2.62. The Morgan fingerprint density at radius 1 is 1.60 bits per heavy atom. The first kappa shape index (κ1) is 15.5. The summed E-state index contributed by atoms with van der Waals surface area (Å²) < 4.78 is 7.44. The molecule has 3 atom stereocenters. The third-order valence-electron chi connectivity index (χ3n) is 4.57. The van der Waals surface area contributed by atoms with Crippen molar-refractivity contribution < 1.29 is 9.84 Å². The zero-order chi connectivity index (χ0) is 15.0. The van der Waals surface area contributed by atoms with Gasteiger partial charge in [-0.2, -0.15) is 5.10 Å². The summed E-state index contributed by atoms with van der Waals surface area (Å²) in [7, 11) is 1.86. The molecule has 0 amide bonds. The summed E-state index contributed by atoms with van der Waals surface area (Å²) in [6, 6.07) is 0.377. The number of ether oxygens (including phenoxy) is 1. The van der Waals surface area contributed by atoms with Gasteiger partial charge >= 0.3 is 0 Å². The van der Waals surface area contributed by atoms with Gasteiger partial charge in [-0.05, 0) is 20.3 Å². The van der Waals surface area contributed by atoms with Crippen LogP contribution in [0, 0.1) is 5.41 Å². The molecule has 2 rings (SSSR count). The van der Waals surface area contributed by atoms with Crippen LogP contribution in [0.25, 0.3) is 0 Å². The van der Waals surface area contributed by atoms with Gasteiger partial charge < -0.3 is 15.2 Å². The molecule has 0 radical (unpaired) electrons. The third-order valence-corrected chi connectivity index (χ3v) is 4.57. The van der Waals surface area contributed by atoms with E-state index in [1.807, 2.05) is 27.1 Å². The lowest BCUT2D eigenvalue weighted by molar-refractivity contribution is -0.118. The Bertz CT molecular complexity index is 454. The zero-order valence-corrected chi connectivity index (χ0v) is 13.2. The molecule has 0 bridgehead atoms. The van der Waals surface area contributed by atoms with Crippen LogP contribution < -0.4 is 5.32 Å². The van der Waals surface area contributed by atoms with E-state index in [1.54, 1.807) is 10.9 Å². The molecule has 1 fully saturated rings. The molecule has 0 saturated heterocycles. The molecule has 0 spiro atoms. The van der Waals surface area contributed by atoms with Crippen molar-refractivity contribution in [3.05, 3.63) is 18.0 Å². The summed E-state index contributed by atoms with van der Waals surface area (Å²) in [5.41, 5.74) is 0.0493. The standard InChI is InChI=1S/C15H27N3O2/c1-6-20-13-7-12(14(13,2)3)16-10-15(4,19)11-8-17-18(5)9-11/h8-9,12-13,16,19H,6-7,10H2,1-5H3/t12-,13-,15+/m1/s1. The number of aryl methyl sites for hydroxylation is 1. The maximum Gasteiger partial charge on any atom is 0.102 e. The largest absolute Gasteiger partial charge is 0.384 e. The molecule has 1 heterocycles. The Kier molecular flexibility index (Phi) is 4.23. The van der Waals surface area contributed by atoms with Gasteiger partial charge in [-0.15, -0.1) is 0 Å². The van der Waals surface area contributed by atoms with E-state index in [0.29, 0.717) is 18.7 Å².